The van der Waals surface area contributed by atoms with Crippen molar-refractivity contribution in [2.75, 3.05) is 13.2 Å². The molecular formula is C21H30FNO6. The first-order chi connectivity index (χ1) is 13.4. The minimum Gasteiger partial charge on any atom is -0.488 e. The number of halogens is 1. The Hall–Kier alpha value is -2.35. The molecule has 0 bridgehead atoms. The number of hydrogen-bond acceptors (Lipinski definition) is 5. The number of amides is 1. The lowest BCUT2D eigenvalue weighted by atomic mass is 10.0. The minimum absolute atomic E-state index is 0.0163. The molecular weight excluding hydrogens is 381 g/mol. The van der Waals surface area contributed by atoms with Crippen molar-refractivity contribution in [3.63, 3.8) is 0 Å². The van der Waals surface area contributed by atoms with Crippen LogP contribution in [-0.4, -0.2) is 52.7 Å². The number of rotatable bonds is 6. The average molecular weight is 411 g/mol. The average Bonchev–Trinajstić information content (AvgIpc) is 2.87. The lowest BCUT2D eigenvalue weighted by Gasteiger charge is -2.35. The first-order valence-corrected chi connectivity index (χ1v) is 9.70. The lowest BCUT2D eigenvalue weighted by molar-refractivity contribution is -0.0637. The molecule has 1 atom stereocenters. The van der Waals surface area contributed by atoms with Crippen molar-refractivity contribution >= 4 is 12.1 Å². The first-order valence-electron chi connectivity index (χ1n) is 9.70. The van der Waals surface area contributed by atoms with Crippen molar-refractivity contribution in [1.29, 1.82) is 0 Å². The predicted molar refractivity (Wildman–Crippen MR) is 105 cm³/mol. The van der Waals surface area contributed by atoms with Gasteiger partial charge < -0.3 is 19.3 Å². The number of aryl methyl sites for hydroxylation is 1. The molecule has 29 heavy (non-hydrogen) atoms. The maximum atomic E-state index is 14.4. The highest BCUT2D eigenvalue weighted by Crippen LogP contribution is 2.31. The molecule has 2 rings (SSSR count). The van der Waals surface area contributed by atoms with E-state index in [1.807, 2.05) is 6.92 Å². The van der Waals surface area contributed by atoms with Crippen LogP contribution < -0.4 is 4.74 Å². The second-order valence-electron chi connectivity index (χ2n) is 8.57. The highest BCUT2D eigenvalue weighted by molar-refractivity contribution is 5.89. The van der Waals surface area contributed by atoms with Gasteiger partial charge in [0.15, 0.2) is 11.6 Å². The Kier molecular flexibility index (Phi) is 6.78. The fourth-order valence-electron chi connectivity index (χ4n) is 3.25. The van der Waals surface area contributed by atoms with Gasteiger partial charge in [-0.15, -0.1) is 0 Å². The summed E-state index contributed by atoms with van der Waals surface area (Å²) < 4.78 is 31.2. The lowest BCUT2D eigenvalue weighted by Crippen LogP contribution is -2.51. The first kappa shape index (κ1) is 22.9. The van der Waals surface area contributed by atoms with E-state index in [0.29, 0.717) is 18.4 Å². The Morgan fingerprint density at radius 1 is 1.34 bits per heavy atom. The zero-order valence-corrected chi connectivity index (χ0v) is 17.9. The number of carboxylic acids is 1. The molecule has 1 aromatic carbocycles. The third-order valence-corrected chi connectivity index (χ3v) is 4.50. The number of carbonyl (C=O) groups excluding carboxylic acids is 1. The summed E-state index contributed by atoms with van der Waals surface area (Å²) in [6, 6.07) is 1.91. The van der Waals surface area contributed by atoms with Crippen LogP contribution in [0.3, 0.4) is 0 Å². The molecule has 1 saturated heterocycles. The molecule has 8 heteroatoms. The Balaban J connectivity index is 2.20. The Morgan fingerprint density at radius 2 is 2.00 bits per heavy atom. The number of carbonyl (C=O) groups is 2. The van der Waals surface area contributed by atoms with Gasteiger partial charge in [-0.05, 0) is 58.7 Å². The summed E-state index contributed by atoms with van der Waals surface area (Å²) in [5.74, 6) is -1.99. The summed E-state index contributed by atoms with van der Waals surface area (Å²) in [6.45, 7) is 10.9. The smallest absolute Gasteiger partial charge is 0.413 e. The maximum absolute atomic E-state index is 14.4. The minimum atomic E-state index is -1.18. The van der Waals surface area contributed by atoms with E-state index in [4.69, 9.17) is 14.2 Å². The van der Waals surface area contributed by atoms with Gasteiger partial charge in [0.25, 0.3) is 0 Å². The molecule has 1 heterocycles. The van der Waals surface area contributed by atoms with Crippen LogP contribution >= 0.6 is 0 Å². The van der Waals surface area contributed by atoms with Crippen molar-refractivity contribution in [1.82, 2.24) is 4.90 Å². The highest BCUT2D eigenvalue weighted by Gasteiger charge is 2.46. The van der Waals surface area contributed by atoms with E-state index in [-0.39, 0.29) is 24.5 Å². The van der Waals surface area contributed by atoms with Crippen LogP contribution in [-0.2, 0) is 15.9 Å². The van der Waals surface area contributed by atoms with Crippen molar-refractivity contribution in [3.8, 4) is 5.75 Å². The number of ether oxygens (including phenoxy) is 3. The summed E-state index contributed by atoms with van der Waals surface area (Å²) in [5, 5.41) is 9.27. The van der Waals surface area contributed by atoms with Gasteiger partial charge in [-0.3, -0.25) is 4.90 Å². The van der Waals surface area contributed by atoms with E-state index >= 15 is 0 Å². The maximum Gasteiger partial charge on any atom is 0.413 e. The van der Waals surface area contributed by atoms with E-state index in [1.165, 1.54) is 11.0 Å². The van der Waals surface area contributed by atoms with Gasteiger partial charge in [-0.1, -0.05) is 13.3 Å². The van der Waals surface area contributed by atoms with Gasteiger partial charge in [0.1, 0.15) is 17.9 Å². The summed E-state index contributed by atoms with van der Waals surface area (Å²) in [5.41, 5.74) is -1.13. The van der Waals surface area contributed by atoms with Crippen molar-refractivity contribution in [2.24, 2.45) is 0 Å². The third-order valence-electron chi connectivity index (χ3n) is 4.50. The molecule has 1 aromatic rings. The zero-order valence-electron chi connectivity index (χ0n) is 17.9. The molecule has 7 nitrogen and oxygen atoms in total. The van der Waals surface area contributed by atoms with E-state index in [0.717, 1.165) is 6.07 Å². The number of carboxylic acid groups (broad SMARTS) is 1. The van der Waals surface area contributed by atoms with Gasteiger partial charge in [0, 0.05) is 0 Å². The standard InChI is InChI=1S/C21H30FNO6/c1-7-8-13-9-17(16(22)10-15(13)18(24)25)27-11-14-12-28-21(5,6)23(14)19(26)29-20(2,3)4/h9-10,14H,7-8,11-12H2,1-6H3,(H,24,25). The second-order valence-corrected chi connectivity index (χ2v) is 8.57. The van der Waals surface area contributed by atoms with Crippen LogP contribution in [0.25, 0.3) is 0 Å². The van der Waals surface area contributed by atoms with E-state index in [9.17, 15) is 19.1 Å². The summed E-state index contributed by atoms with van der Waals surface area (Å²) in [4.78, 5) is 25.5. The highest BCUT2D eigenvalue weighted by atomic mass is 19.1. The van der Waals surface area contributed by atoms with Crippen molar-refractivity contribution in [3.05, 3.63) is 29.1 Å². The topological polar surface area (TPSA) is 85.3 Å². The Bertz CT molecular complexity index is 771. The molecule has 1 aliphatic rings. The largest absolute Gasteiger partial charge is 0.488 e. The molecule has 1 amide bonds. The predicted octanol–water partition coefficient (Wildman–Crippen LogP) is 4.23. The summed E-state index contributed by atoms with van der Waals surface area (Å²) in [6.07, 6.45) is 0.659. The molecule has 1 aliphatic heterocycles. The van der Waals surface area contributed by atoms with Crippen molar-refractivity contribution in [2.45, 2.75) is 71.8 Å². The third kappa shape index (κ3) is 5.59. The van der Waals surface area contributed by atoms with Gasteiger partial charge >= 0.3 is 12.1 Å². The summed E-state index contributed by atoms with van der Waals surface area (Å²) in [7, 11) is 0. The Labute approximate surface area is 170 Å². The van der Waals surface area contributed by atoms with Crippen LogP contribution in [0.5, 0.6) is 5.75 Å². The number of benzene rings is 1. The quantitative estimate of drug-likeness (QED) is 0.754. The van der Waals surface area contributed by atoms with E-state index < -0.39 is 35.2 Å². The van der Waals surface area contributed by atoms with Gasteiger partial charge in [0.2, 0.25) is 0 Å². The molecule has 0 aromatic heterocycles. The fourth-order valence-corrected chi connectivity index (χ4v) is 3.25. The molecule has 0 saturated carbocycles. The van der Waals surface area contributed by atoms with Crippen LogP contribution in [0.4, 0.5) is 9.18 Å². The molecule has 0 spiro atoms. The molecule has 1 unspecified atom stereocenters. The SMILES string of the molecule is CCCc1cc(OCC2COC(C)(C)N2C(=O)OC(C)(C)C)c(F)cc1C(=O)O. The van der Waals surface area contributed by atoms with Crippen LogP contribution in [0, 0.1) is 5.82 Å². The molecule has 1 fully saturated rings. The van der Waals surface area contributed by atoms with Crippen LogP contribution in [0.1, 0.15) is 63.9 Å². The van der Waals surface area contributed by atoms with E-state index in [2.05, 4.69) is 0 Å². The normalized spacial score (nSPS) is 18.6. The molecule has 0 radical (unpaired) electrons. The fraction of sp³-hybridized carbons (Fsp3) is 0.619. The number of hydrogen-bond donors (Lipinski definition) is 1. The second kappa shape index (κ2) is 8.57. The van der Waals surface area contributed by atoms with E-state index in [1.54, 1.807) is 34.6 Å². The van der Waals surface area contributed by atoms with Crippen LogP contribution in [0.15, 0.2) is 12.1 Å². The van der Waals surface area contributed by atoms with Crippen LogP contribution in [0.2, 0.25) is 0 Å². The molecule has 0 aliphatic carbocycles. The zero-order chi connectivity index (χ0) is 22.0. The monoisotopic (exact) mass is 411 g/mol. The van der Waals surface area contributed by atoms with Gasteiger partial charge in [-0.2, -0.15) is 0 Å². The van der Waals surface area contributed by atoms with Gasteiger partial charge in [0.05, 0.1) is 18.2 Å². The van der Waals surface area contributed by atoms with Gasteiger partial charge in [-0.25, -0.2) is 14.0 Å². The number of aromatic carboxylic acids is 1. The Morgan fingerprint density at radius 3 is 2.55 bits per heavy atom. The summed E-state index contributed by atoms with van der Waals surface area (Å²) >= 11 is 0. The molecule has 1 N–H and O–H groups in total. The molecule has 162 valence electrons. The number of nitrogens with zero attached hydrogens (tertiary/aromatic N) is 1. The van der Waals surface area contributed by atoms with Crippen molar-refractivity contribution < 1.29 is 33.3 Å².